The van der Waals surface area contributed by atoms with Crippen molar-refractivity contribution in [2.75, 3.05) is 19.4 Å². The molecule has 0 spiro atoms. The minimum atomic E-state index is -3.35. The molecule has 1 atom stereocenters. The van der Waals surface area contributed by atoms with E-state index in [0.717, 1.165) is 12.1 Å². The summed E-state index contributed by atoms with van der Waals surface area (Å²) in [5.74, 6) is 0. The fourth-order valence-electron chi connectivity index (χ4n) is 1.34. The van der Waals surface area contributed by atoms with E-state index in [1.165, 1.54) is 18.4 Å². The quantitative estimate of drug-likeness (QED) is 0.878. The van der Waals surface area contributed by atoms with E-state index in [2.05, 4.69) is 19.2 Å². The smallest absolute Gasteiger partial charge is 0.242 e. The van der Waals surface area contributed by atoms with Gasteiger partial charge in [-0.05, 0) is 31.5 Å². The first-order chi connectivity index (χ1) is 7.87. The maximum Gasteiger partial charge on any atom is 0.242 e. The molecule has 0 bridgehead atoms. The molecule has 0 aliphatic rings. The minimum Gasteiger partial charge on any atom is -0.383 e. The molecule has 0 fully saturated rings. The monoisotopic (exact) mass is 256 g/mol. The number of hydrogen-bond acceptors (Lipinski definition) is 3. The van der Waals surface area contributed by atoms with Crippen molar-refractivity contribution < 1.29 is 8.42 Å². The Morgan fingerprint density at radius 1 is 1.35 bits per heavy atom. The van der Waals surface area contributed by atoms with E-state index < -0.39 is 10.0 Å². The fourth-order valence-corrected chi connectivity index (χ4v) is 2.29. The summed E-state index contributed by atoms with van der Waals surface area (Å²) in [6.45, 7) is 4.14. The first-order valence-electron chi connectivity index (χ1n) is 5.67. The lowest BCUT2D eigenvalue weighted by Gasteiger charge is -2.15. The number of benzene rings is 1. The highest BCUT2D eigenvalue weighted by molar-refractivity contribution is 7.89. The summed E-state index contributed by atoms with van der Waals surface area (Å²) < 4.78 is 25.1. The molecule has 0 amide bonds. The van der Waals surface area contributed by atoms with E-state index in [1.807, 2.05) is 6.07 Å². The first kappa shape index (κ1) is 14.0. The molecule has 1 aromatic carbocycles. The predicted octanol–water partition coefficient (Wildman–Crippen LogP) is 2.15. The number of hydrogen-bond donors (Lipinski definition) is 1. The van der Waals surface area contributed by atoms with Crippen molar-refractivity contribution in [3.05, 3.63) is 24.3 Å². The van der Waals surface area contributed by atoms with Crippen LogP contribution >= 0.6 is 0 Å². The van der Waals surface area contributed by atoms with Gasteiger partial charge in [-0.15, -0.1) is 0 Å². The third-order valence-corrected chi connectivity index (χ3v) is 4.45. The Morgan fingerprint density at radius 3 is 2.53 bits per heavy atom. The third kappa shape index (κ3) is 3.44. The Morgan fingerprint density at radius 2 is 2.00 bits per heavy atom. The van der Waals surface area contributed by atoms with Gasteiger partial charge in [0.1, 0.15) is 0 Å². The van der Waals surface area contributed by atoms with E-state index >= 15 is 0 Å². The Bertz CT molecular complexity index is 469. The molecule has 17 heavy (non-hydrogen) atoms. The lowest BCUT2D eigenvalue weighted by molar-refractivity contribution is 0.521. The van der Waals surface area contributed by atoms with Crippen molar-refractivity contribution in [1.29, 1.82) is 0 Å². The van der Waals surface area contributed by atoms with Crippen molar-refractivity contribution >= 4 is 15.7 Å². The van der Waals surface area contributed by atoms with Gasteiger partial charge in [-0.1, -0.05) is 13.0 Å². The summed E-state index contributed by atoms with van der Waals surface area (Å²) in [6.07, 6.45) is 0.991. The van der Waals surface area contributed by atoms with E-state index in [4.69, 9.17) is 0 Å². The molecule has 4 nitrogen and oxygen atoms in total. The number of anilines is 1. The zero-order valence-corrected chi connectivity index (χ0v) is 11.6. The summed E-state index contributed by atoms with van der Waals surface area (Å²) in [7, 11) is -0.285. The second-order valence-corrected chi connectivity index (χ2v) is 6.42. The summed E-state index contributed by atoms with van der Waals surface area (Å²) >= 11 is 0. The maximum absolute atomic E-state index is 11.9. The standard InChI is InChI=1S/C12H20N2O2S/c1-5-10(2)13-11-7-6-8-12(9-11)17(15,16)14(3)4/h6-10,13H,5H2,1-4H3. The SMILES string of the molecule is CCC(C)Nc1cccc(S(=O)(=O)N(C)C)c1. The van der Waals surface area contributed by atoms with Crippen LogP contribution in [0.15, 0.2) is 29.2 Å². The zero-order valence-electron chi connectivity index (χ0n) is 10.8. The van der Waals surface area contributed by atoms with Gasteiger partial charge in [0.25, 0.3) is 0 Å². The van der Waals surface area contributed by atoms with Crippen LogP contribution in [0.5, 0.6) is 0 Å². The largest absolute Gasteiger partial charge is 0.383 e. The van der Waals surface area contributed by atoms with Crippen molar-refractivity contribution in [1.82, 2.24) is 4.31 Å². The van der Waals surface area contributed by atoms with Crippen molar-refractivity contribution in [3.63, 3.8) is 0 Å². The van der Waals surface area contributed by atoms with Gasteiger partial charge in [0.2, 0.25) is 10.0 Å². The molecule has 0 radical (unpaired) electrons. The number of sulfonamides is 1. The van der Waals surface area contributed by atoms with E-state index in [-0.39, 0.29) is 0 Å². The Kier molecular flexibility index (Phi) is 4.54. The van der Waals surface area contributed by atoms with E-state index in [0.29, 0.717) is 10.9 Å². The average molecular weight is 256 g/mol. The molecule has 1 aromatic rings. The molecule has 1 N–H and O–H groups in total. The van der Waals surface area contributed by atoms with Crippen molar-refractivity contribution in [2.24, 2.45) is 0 Å². The van der Waals surface area contributed by atoms with Gasteiger partial charge in [-0.2, -0.15) is 0 Å². The normalized spacial score (nSPS) is 13.7. The highest BCUT2D eigenvalue weighted by Crippen LogP contribution is 2.18. The summed E-state index contributed by atoms with van der Waals surface area (Å²) in [6, 6.07) is 7.23. The van der Waals surface area contributed by atoms with Crippen molar-refractivity contribution in [2.45, 2.75) is 31.2 Å². The van der Waals surface area contributed by atoms with Crippen LogP contribution in [0.25, 0.3) is 0 Å². The number of rotatable bonds is 5. The minimum absolute atomic E-state index is 0.316. The molecule has 0 heterocycles. The van der Waals surface area contributed by atoms with Crippen LogP contribution in [0.2, 0.25) is 0 Å². The molecule has 1 unspecified atom stereocenters. The topological polar surface area (TPSA) is 49.4 Å². The van der Waals surface area contributed by atoms with Crippen LogP contribution < -0.4 is 5.32 Å². The van der Waals surface area contributed by atoms with Gasteiger partial charge in [-0.25, -0.2) is 12.7 Å². The number of nitrogens with one attached hydrogen (secondary N) is 1. The lowest BCUT2D eigenvalue weighted by atomic mass is 10.2. The molecular formula is C12H20N2O2S. The molecule has 0 aliphatic carbocycles. The van der Waals surface area contributed by atoms with Gasteiger partial charge in [0.05, 0.1) is 4.90 Å². The molecule has 96 valence electrons. The van der Waals surface area contributed by atoms with Crippen molar-refractivity contribution in [3.8, 4) is 0 Å². The second kappa shape index (κ2) is 5.51. The summed E-state index contributed by atoms with van der Waals surface area (Å²) in [4.78, 5) is 0.316. The van der Waals surface area contributed by atoms with Gasteiger partial charge in [-0.3, -0.25) is 0 Å². The third-order valence-electron chi connectivity index (χ3n) is 2.64. The van der Waals surface area contributed by atoms with Gasteiger partial charge < -0.3 is 5.32 Å². The fraction of sp³-hybridized carbons (Fsp3) is 0.500. The molecule has 0 saturated heterocycles. The number of nitrogens with zero attached hydrogens (tertiary/aromatic N) is 1. The average Bonchev–Trinajstić information content (AvgIpc) is 2.29. The van der Waals surface area contributed by atoms with Gasteiger partial charge >= 0.3 is 0 Å². The second-order valence-electron chi connectivity index (χ2n) is 4.27. The molecule has 5 heteroatoms. The van der Waals surface area contributed by atoms with Crippen LogP contribution in [0.4, 0.5) is 5.69 Å². The Balaban J connectivity index is 3.02. The van der Waals surface area contributed by atoms with Crippen LogP contribution in [0.3, 0.4) is 0 Å². The van der Waals surface area contributed by atoms with Gasteiger partial charge in [0, 0.05) is 25.8 Å². The summed E-state index contributed by atoms with van der Waals surface area (Å²) in [5, 5.41) is 3.26. The molecular weight excluding hydrogens is 236 g/mol. The van der Waals surface area contributed by atoms with Gasteiger partial charge in [0.15, 0.2) is 0 Å². The Labute approximate surface area is 104 Å². The molecule has 1 rings (SSSR count). The molecule has 0 saturated carbocycles. The van der Waals surface area contributed by atoms with E-state index in [9.17, 15) is 8.42 Å². The van der Waals surface area contributed by atoms with Crippen LogP contribution in [-0.2, 0) is 10.0 Å². The molecule has 0 aliphatic heterocycles. The summed E-state index contributed by atoms with van der Waals surface area (Å²) in [5.41, 5.74) is 0.835. The van der Waals surface area contributed by atoms with Crippen LogP contribution in [-0.4, -0.2) is 32.9 Å². The Hall–Kier alpha value is -1.07. The maximum atomic E-state index is 11.9. The highest BCUT2D eigenvalue weighted by Gasteiger charge is 2.17. The van der Waals surface area contributed by atoms with Crippen LogP contribution in [0, 0.1) is 0 Å². The lowest BCUT2D eigenvalue weighted by Crippen LogP contribution is -2.22. The first-order valence-corrected chi connectivity index (χ1v) is 7.11. The zero-order chi connectivity index (χ0) is 13.1. The van der Waals surface area contributed by atoms with Crippen LogP contribution in [0.1, 0.15) is 20.3 Å². The highest BCUT2D eigenvalue weighted by atomic mass is 32.2. The molecule has 0 aromatic heterocycles. The van der Waals surface area contributed by atoms with E-state index in [1.54, 1.807) is 18.2 Å². The predicted molar refractivity (Wildman–Crippen MR) is 70.7 cm³/mol.